The Balaban J connectivity index is 0.00000261. The summed E-state index contributed by atoms with van der Waals surface area (Å²) in [5.41, 5.74) is 2.14. The van der Waals surface area contributed by atoms with Crippen LogP contribution in [0.15, 0.2) is 53.7 Å². The summed E-state index contributed by atoms with van der Waals surface area (Å²) in [7, 11) is 0. The summed E-state index contributed by atoms with van der Waals surface area (Å²) in [6.07, 6.45) is 2.94. The molecule has 2 heterocycles. The Kier molecular flexibility index (Phi) is 8.80. The van der Waals surface area contributed by atoms with Crippen LogP contribution >= 0.6 is 35.3 Å². The first-order chi connectivity index (χ1) is 12.8. The van der Waals surface area contributed by atoms with Gasteiger partial charge in [-0.05, 0) is 31.0 Å². The van der Waals surface area contributed by atoms with E-state index >= 15 is 0 Å². The zero-order chi connectivity index (χ0) is 18.2. The maximum Gasteiger partial charge on any atom is 0.191 e. The summed E-state index contributed by atoms with van der Waals surface area (Å²) in [5, 5.41) is 6.67. The molecule has 0 bridgehead atoms. The number of H-pyrrole nitrogens is 1. The van der Waals surface area contributed by atoms with Crippen molar-refractivity contribution in [3.63, 3.8) is 0 Å². The van der Waals surface area contributed by atoms with Crippen LogP contribution in [0.1, 0.15) is 29.4 Å². The van der Waals surface area contributed by atoms with Gasteiger partial charge in [0.05, 0.1) is 18.4 Å². The third-order valence-electron chi connectivity index (χ3n) is 3.94. The Hall–Kier alpha value is -1.87. The Labute approximate surface area is 181 Å². The fraction of sp³-hybridized carbons (Fsp3) is 0.300. The summed E-state index contributed by atoms with van der Waals surface area (Å²) in [6.45, 7) is 6.36. The standard InChI is InChI=1S/C20H25N5S.HI/c1-3-16-10-11-17(26-16)12-23-20(21-4-2)24-14-19-22-13-18(25-19)15-8-6-5-7-9-15;/h5-11,13H,3-4,12,14H2,1-2H3,(H,22,25)(H2,21,23,24);1H. The van der Waals surface area contributed by atoms with Gasteiger partial charge in [0.2, 0.25) is 0 Å². The average molecular weight is 495 g/mol. The van der Waals surface area contributed by atoms with E-state index in [0.717, 1.165) is 42.6 Å². The molecule has 27 heavy (non-hydrogen) atoms. The predicted molar refractivity (Wildman–Crippen MR) is 125 cm³/mol. The summed E-state index contributed by atoms with van der Waals surface area (Å²) >= 11 is 1.84. The molecule has 3 aromatic rings. The van der Waals surface area contributed by atoms with Crippen LogP contribution in [0.25, 0.3) is 11.3 Å². The first-order valence-electron chi connectivity index (χ1n) is 8.97. The van der Waals surface area contributed by atoms with Gasteiger partial charge in [-0.25, -0.2) is 9.98 Å². The third kappa shape index (κ3) is 6.35. The Morgan fingerprint density at radius 2 is 1.85 bits per heavy atom. The van der Waals surface area contributed by atoms with Crippen LogP contribution in [0.3, 0.4) is 0 Å². The van der Waals surface area contributed by atoms with Crippen LogP contribution in [-0.4, -0.2) is 22.5 Å². The molecule has 0 aliphatic heterocycles. The van der Waals surface area contributed by atoms with Crippen LogP contribution in [0, 0.1) is 0 Å². The molecule has 0 radical (unpaired) electrons. The Bertz CT molecular complexity index is 841. The van der Waals surface area contributed by atoms with Crippen LogP contribution in [0.4, 0.5) is 0 Å². The molecule has 2 aromatic heterocycles. The number of aryl methyl sites for hydroxylation is 1. The first-order valence-corrected chi connectivity index (χ1v) is 9.79. The number of guanidine groups is 1. The Morgan fingerprint density at radius 1 is 1.07 bits per heavy atom. The molecule has 3 N–H and O–H groups in total. The van der Waals surface area contributed by atoms with Gasteiger partial charge in [0, 0.05) is 16.3 Å². The monoisotopic (exact) mass is 495 g/mol. The molecule has 144 valence electrons. The van der Waals surface area contributed by atoms with Gasteiger partial charge in [0.25, 0.3) is 0 Å². The number of nitrogens with zero attached hydrogens (tertiary/aromatic N) is 2. The van der Waals surface area contributed by atoms with Crippen molar-refractivity contribution in [1.82, 2.24) is 20.6 Å². The van der Waals surface area contributed by atoms with Gasteiger partial charge in [-0.15, -0.1) is 35.3 Å². The molecule has 3 rings (SSSR count). The van der Waals surface area contributed by atoms with Crippen molar-refractivity contribution in [1.29, 1.82) is 0 Å². The summed E-state index contributed by atoms with van der Waals surface area (Å²) in [5.74, 6) is 1.65. The lowest BCUT2D eigenvalue weighted by Crippen LogP contribution is -2.36. The van der Waals surface area contributed by atoms with E-state index in [9.17, 15) is 0 Å². The van der Waals surface area contributed by atoms with Crippen molar-refractivity contribution in [2.45, 2.75) is 33.4 Å². The van der Waals surface area contributed by atoms with Crippen LogP contribution in [0.5, 0.6) is 0 Å². The normalized spacial score (nSPS) is 11.1. The highest BCUT2D eigenvalue weighted by molar-refractivity contribution is 14.0. The highest BCUT2D eigenvalue weighted by atomic mass is 127. The van der Waals surface area contributed by atoms with Gasteiger partial charge >= 0.3 is 0 Å². The molecule has 5 nitrogen and oxygen atoms in total. The number of aromatic amines is 1. The lowest BCUT2D eigenvalue weighted by atomic mass is 10.2. The molecule has 0 unspecified atom stereocenters. The molecular formula is C20H26IN5S. The highest BCUT2D eigenvalue weighted by Crippen LogP contribution is 2.17. The highest BCUT2D eigenvalue weighted by Gasteiger charge is 2.04. The second-order valence-electron chi connectivity index (χ2n) is 5.88. The van der Waals surface area contributed by atoms with Crippen LogP contribution in [-0.2, 0) is 19.5 Å². The van der Waals surface area contributed by atoms with Gasteiger partial charge < -0.3 is 15.6 Å². The molecule has 7 heteroatoms. The largest absolute Gasteiger partial charge is 0.357 e. The number of imidazole rings is 1. The SMILES string of the molecule is CCNC(=NCc1ncc(-c2ccccc2)[nH]1)NCc1ccc(CC)s1.I. The van der Waals surface area contributed by atoms with E-state index in [1.165, 1.54) is 9.75 Å². The van der Waals surface area contributed by atoms with Gasteiger partial charge in [0.15, 0.2) is 5.96 Å². The molecule has 0 aliphatic rings. The van der Waals surface area contributed by atoms with E-state index < -0.39 is 0 Å². The molecule has 0 saturated carbocycles. The quantitative estimate of drug-likeness (QED) is 0.256. The van der Waals surface area contributed by atoms with Crippen molar-refractivity contribution >= 4 is 41.3 Å². The van der Waals surface area contributed by atoms with Crippen LogP contribution < -0.4 is 10.6 Å². The minimum atomic E-state index is 0. The fourth-order valence-electron chi connectivity index (χ4n) is 2.58. The minimum Gasteiger partial charge on any atom is -0.357 e. The van der Waals surface area contributed by atoms with Gasteiger partial charge in [0.1, 0.15) is 12.4 Å². The summed E-state index contributed by atoms with van der Waals surface area (Å²) in [6, 6.07) is 14.6. The van der Waals surface area contributed by atoms with Crippen molar-refractivity contribution in [2.75, 3.05) is 6.54 Å². The third-order valence-corrected chi connectivity index (χ3v) is 5.17. The van der Waals surface area contributed by atoms with Crippen molar-refractivity contribution in [3.8, 4) is 11.3 Å². The second kappa shape index (κ2) is 11.1. The van der Waals surface area contributed by atoms with Gasteiger partial charge in [-0.3, -0.25) is 0 Å². The lowest BCUT2D eigenvalue weighted by Gasteiger charge is -2.10. The van der Waals surface area contributed by atoms with Gasteiger partial charge in [-0.2, -0.15) is 0 Å². The van der Waals surface area contributed by atoms with Crippen molar-refractivity contribution < 1.29 is 0 Å². The van der Waals surface area contributed by atoms with Crippen LogP contribution in [0.2, 0.25) is 0 Å². The molecule has 0 amide bonds. The lowest BCUT2D eigenvalue weighted by molar-refractivity contribution is 0.814. The van der Waals surface area contributed by atoms with Crippen molar-refractivity contribution in [3.05, 3.63) is 64.2 Å². The summed E-state index contributed by atoms with van der Waals surface area (Å²) < 4.78 is 0. The number of hydrogen-bond acceptors (Lipinski definition) is 3. The first kappa shape index (κ1) is 21.4. The summed E-state index contributed by atoms with van der Waals surface area (Å²) in [4.78, 5) is 15.1. The molecule has 0 aliphatic carbocycles. The fourth-order valence-corrected chi connectivity index (χ4v) is 3.48. The Morgan fingerprint density at radius 3 is 2.56 bits per heavy atom. The maximum atomic E-state index is 4.64. The maximum absolute atomic E-state index is 4.64. The predicted octanol–water partition coefficient (Wildman–Crippen LogP) is 4.57. The van der Waals surface area contributed by atoms with Gasteiger partial charge in [-0.1, -0.05) is 37.3 Å². The molecule has 0 fully saturated rings. The second-order valence-corrected chi connectivity index (χ2v) is 7.13. The van der Waals surface area contributed by atoms with E-state index in [0.29, 0.717) is 6.54 Å². The molecule has 0 saturated heterocycles. The number of nitrogens with one attached hydrogen (secondary N) is 3. The van der Waals surface area contributed by atoms with E-state index in [2.05, 4.69) is 63.7 Å². The minimum absolute atomic E-state index is 0. The molecular weight excluding hydrogens is 469 g/mol. The average Bonchev–Trinajstić information content (AvgIpc) is 3.34. The van der Waals surface area contributed by atoms with E-state index in [1.54, 1.807) is 0 Å². The number of benzene rings is 1. The van der Waals surface area contributed by atoms with E-state index in [-0.39, 0.29) is 24.0 Å². The topological polar surface area (TPSA) is 65.1 Å². The number of halogens is 1. The number of aliphatic imine (C=N–C) groups is 1. The number of hydrogen-bond donors (Lipinski definition) is 3. The smallest absolute Gasteiger partial charge is 0.191 e. The molecule has 0 spiro atoms. The molecule has 1 aromatic carbocycles. The number of rotatable bonds is 7. The molecule has 0 atom stereocenters. The van der Waals surface area contributed by atoms with Crippen molar-refractivity contribution in [2.24, 2.45) is 4.99 Å². The number of thiophene rings is 1. The van der Waals surface area contributed by atoms with E-state index in [4.69, 9.17) is 0 Å². The number of aromatic nitrogens is 2. The zero-order valence-corrected chi connectivity index (χ0v) is 18.8. The van der Waals surface area contributed by atoms with E-state index in [1.807, 2.05) is 35.7 Å². The zero-order valence-electron chi connectivity index (χ0n) is 15.7.